The lowest BCUT2D eigenvalue weighted by atomic mass is 10.1. The van der Waals surface area contributed by atoms with Gasteiger partial charge in [-0.1, -0.05) is 0 Å². The predicted octanol–water partition coefficient (Wildman–Crippen LogP) is 1.71. The van der Waals surface area contributed by atoms with Crippen LogP contribution in [-0.2, 0) is 4.79 Å². The SMILES string of the molecule is NC(=O)COc1ccc(C(=O)NC[C@@H](c2ccco2)N2CCCC2)cc1. The molecule has 1 fully saturated rings. The van der Waals surface area contributed by atoms with Crippen LogP contribution in [0.3, 0.4) is 0 Å². The van der Waals surface area contributed by atoms with Crippen LogP contribution in [-0.4, -0.2) is 43.0 Å². The van der Waals surface area contributed by atoms with Crippen LogP contribution >= 0.6 is 0 Å². The van der Waals surface area contributed by atoms with Crippen LogP contribution in [0, 0.1) is 0 Å². The van der Waals surface area contributed by atoms with E-state index in [-0.39, 0.29) is 18.6 Å². The Kier molecular flexibility index (Phi) is 5.91. The van der Waals surface area contributed by atoms with Crippen LogP contribution in [0.4, 0.5) is 0 Å². The van der Waals surface area contributed by atoms with Crippen LogP contribution in [0.5, 0.6) is 5.75 Å². The van der Waals surface area contributed by atoms with Gasteiger partial charge in [0.25, 0.3) is 11.8 Å². The minimum Gasteiger partial charge on any atom is -0.484 e. The summed E-state index contributed by atoms with van der Waals surface area (Å²) in [4.78, 5) is 25.5. The highest BCUT2D eigenvalue weighted by molar-refractivity contribution is 5.94. The van der Waals surface area contributed by atoms with E-state index in [1.54, 1.807) is 30.5 Å². The zero-order chi connectivity index (χ0) is 18.4. The van der Waals surface area contributed by atoms with Crippen molar-refractivity contribution in [2.45, 2.75) is 18.9 Å². The van der Waals surface area contributed by atoms with E-state index in [4.69, 9.17) is 14.9 Å². The topological polar surface area (TPSA) is 97.8 Å². The summed E-state index contributed by atoms with van der Waals surface area (Å²) in [6.07, 6.45) is 3.99. The second-order valence-electron chi connectivity index (χ2n) is 6.26. The monoisotopic (exact) mass is 357 g/mol. The van der Waals surface area contributed by atoms with Gasteiger partial charge >= 0.3 is 0 Å². The number of amides is 2. The summed E-state index contributed by atoms with van der Waals surface area (Å²) in [6, 6.07) is 10.4. The maximum atomic E-state index is 12.4. The van der Waals surface area contributed by atoms with E-state index in [9.17, 15) is 9.59 Å². The average molecular weight is 357 g/mol. The third-order valence-electron chi connectivity index (χ3n) is 4.41. The second-order valence-corrected chi connectivity index (χ2v) is 6.26. The number of primary amides is 1. The largest absolute Gasteiger partial charge is 0.484 e. The first-order chi connectivity index (χ1) is 12.6. The van der Waals surface area contributed by atoms with Crippen molar-refractivity contribution in [3.05, 3.63) is 54.0 Å². The molecule has 1 atom stereocenters. The van der Waals surface area contributed by atoms with E-state index in [1.165, 1.54) is 0 Å². The summed E-state index contributed by atoms with van der Waals surface area (Å²) < 4.78 is 10.8. The highest BCUT2D eigenvalue weighted by atomic mass is 16.5. The number of carbonyl (C=O) groups excluding carboxylic acids is 2. The lowest BCUT2D eigenvalue weighted by Gasteiger charge is -2.26. The molecular weight excluding hydrogens is 334 g/mol. The highest BCUT2D eigenvalue weighted by Gasteiger charge is 2.26. The molecule has 2 heterocycles. The lowest BCUT2D eigenvalue weighted by molar-refractivity contribution is -0.119. The van der Waals surface area contributed by atoms with Crippen LogP contribution < -0.4 is 15.8 Å². The normalized spacial score (nSPS) is 15.5. The molecule has 2 amide bonds. The van der Waals surface area contributed by atoms with Crippen LogP contribution in [0.1, 0.15) is 35.0 Å². The van der Waals surface area contributed by atoms with Gasteiger partial charge in [-0.3, -0.25) is 14.5 Å². The Morgan fingerprint density at radius 3 is 2.54 bits per heavy atom. The Hall–Kier alpha value is -2.80. The van der Waals surface area contributed by atoms with Gasteiger partial charge in [0.05, 0.1) is 12.3 Å². The number of likely N-dealkylation sites (tertiary alicyclic amines) is 1. The molecule has 1 saturated heterocycles. The first-order valence-corrected chi connectivity index (χ1v) is 8.70. The molecule has 1 aliphatic rings. The van der Waals surface area contributed by atoms with Gasteiger partial charge in [-0.2, -0.15) is 0 Å². The zero-order valence-corrected chi connectivity index (χ0v) is 14.5. The highest BCUT2D eigenvalue weighted by Crippen LogP contribution is 2.25. The molecule has 0 saturated carbocycles. The van der Waals surface area contributed by atoms with Gasteiger partial charge in [-0.25, -0.2) is 0 Å². The molecule has 0 spiro atoms. The van der Waals surface area contributed by atoms with Gasteiger partial charge in [0.1, 0.15) is 11.5 Å². The van der Waals surface area contributed by atoms with Crippen molar-refractivity contribution in [1.82, 2.24) is 10.2 Å². The molecular formula is C19H23N3O4. The van der Waals surface area contributed by atoms with Crippen molar-refractivity contribution < 1.29 is 18.7 Å². The Labute approximate surface area is 152 Å². The molecule has 3 N–H and O–H groups in total. The fourth-order valence-corrected chi connectivity index (χ4v) is 3.09. The van der Waals surface area contributed by atoms with E-state index in [2.05, 4.69) is 10.2 Å². The predicted molar refractivity (Wildman–Crippen MR) is 95.7 cm³/mol. The summed E-state index contributed by atoms with van der Waals surface area (Å²) in [5, 5.41) is 2.98. The number of nitrogens with one attached hydrogen (secondary N) is 1. The van der Waals surface area contributed by atoms with E-state index < -0.39 is 5.91 Å². The number of hydrogen-bond donors (Lipinski definition) is 2. The fraction of sp³-hybridized carbons (Fsp3) is 0.368. The molecule has 138 valence electrons. The summed E-state index contributed by atoms with van der Waals surface area (Å²) >= 11 is 0. The number of rotatable bonds is 8. The first kappa shape index (κ1) is 18.0. The van der Waals surface area contributed by atoms with Crippen molar-refractivity contribution in [2.24, 2.45) is 5.73 Å². The maximum absolute atomic E-state index is 12.4. The Bertz CT molecular complexity index is 722. The summed E-state index contributed by atoms with van der Waals surface area (Å²) in [7, 11) is 0. The number of hydrogen-bond acceptors (Lipinski definition) is 5. The van der Waals surface area contributed by atoms with Gasteiger partial charge in [-0.05, 0) is 62.3 Å². The van der Waals surface area contributed by atoms with Crippen LogP contribution in [0.15, 0.2) is 47.1 Å². The Morgan fingerprint density at radius 2 is 1.92 bits per heavy atom. The molecule has 26 heavy (non-hydrogen) atoms. The number of nitrogens with zero attached hydrogens (tertiary/aromatic N) is 1. The summed E-state index contributed by atoms with van der Waals surface area (Å²) in [6.45, 7) is 2.30. The van der Waals surface area contributed by atoms with Crippen molar-refractivity contribution >= 4 is 11.8 Å². The number of furan rings is 1. The summed E-state index contributed by atoms with van der Waals surface area (Å²) in [5.41, 5.74) is 5.56. The molecule has 0 aliphatic carbocycles. The maximum Gasteiger partial charge on any atom is 0.255 e. The van der Waals surface area contributed by atoms with Gasteiger partial charge in [0.15, 0.2) is 6.61 Å². The molecule has 0 bridgehead atoms. The molecule has 1 aromatic heterocycles. The number of ether oxygens (including phenoxy) is 1. The third-order valence-corrected chi connectivity index (χ3v) is 4.41. The molecule has 7 nitrogen and oxygen atoms in total. The molecule has 1 aromatic carbocycles. The molecule has 0 unspecified atom stereocenters. The van der Waals surface area contributed by atoms with Gasteiger partial charge in [0.2, 0.25) is 0 Å². The van der Waals surface area contributed by atoms with Gasteiger partial charge < -0.3 is 20.2 Å². The van der Waals surface area contributed by atoms with Crippen molar-refractivity contribution in [3.63, 3.8) is 0 Å². The smallest absolute Gasteiger partial charge is 0.255 e. The average Bonchev–Trinajstić information content (AvgIpc) is 3.35. The summed E-state index contributed by atoms with van der Waals surface area (Å²) in [5.74, 6) is 0.646. The van der Waals surface area contributed by atoms with E-state index in [0.29, 0.717) is 17.9 Å². The van der Waals surface area contributed by atoms with E-state index >= 15 is 0 Å². The third kappa shape index (κ3) is 4.64. The van der Waals surface area contributed by atoms with Crippen LogP contribution in [0.25, 0.3) is 0 Å². The molecule has 0 radical (unpaired) electrons. The Morgan fingerprint density at radius 1 is 1.19 bits per heavy atom. The first-order valence-electron chi connectivity index (χ1n) is 8.70. The minimum absolute atomic E-state index is 0.0367. The number of benzene rings is 1. The standard InChI is InChI=1S/C19H23N3O4/c20-18(23)13-26-15-7-5-14(6-8-15)19(24)21-12-16(17-4-3-11-25-17)22-9-1-2-10-22/h3-8,11,16H,1-2,9-10,12-13H2,(H2,20,23)(H,21,24)/t16-/m0/s1. The van der Waals surface area contributed by atoms with Crippen molar-refractivity contribution in [2.75, 3.05) is 26.2 Å². The van der Waals surface area contributed by atoms with Crippen molar-refractivity contribution in [1.29, 1.82) is 0 Å². The lowest BCUT2D eigenvalue weighted by Crippen LogP contribution is -2.36. The molecule has 2 aromatic rings. The number of nitrogens with two attached hydrogens (primary N) is 1. The van der Waals surface area contributed by atoms with Gasteiger partial charge in [-0.15, -0.1) is 0 Å². The quantitative estimate of drug-likeness (QED) is 0.749. The van der Waals surface area contributed by atoms with Crippen molar-refractivity contribution in [3.8, 4) is 5.75 Å². The second kappa shape index (κ2) is 8.53. The minimum atomic E-state index is -0.544. The van der Waals surface area contributed by atoms with Crippen LogP contribution in [0.2, 0.25) is 0 Å². The van der Waals surface area contributed by atoms with E-state index in [1.807, 2.05) is 12.1 Å². The van der Waals surface area contributed by atoms with E-state index in [0.717, 1.165) is 31.7 Å². The zero-order valence-electron chi connectivity index (χ0n) is 14.5. The molecule has 7 heteroatoms. The molecule has 1 aliphatic heterocycles. The Balaban J connectivity index is 1.58. The number of carbonyl (C=O) groups is 2. The van der Waals surface area contributed by atoms with Gasteiger partial charge in [0, 0.05) is 12.1 Å². The fourth-order valence-electron chi connectivity index (χ4n) is 3.09. The molecule has 3 rings (SSSR count).